The van der Waals surface area contributed by atoms with Gasteiger partial charge in [0.05, 0.1) is 6.42 Å². The van der Waals surface area contributed by atoms with Crippen LogP contribution in [0.15, 0.2) is 4.79 Å². The number of carbonyl (C=O) groups excluding carboxylic acids is 1. The van der Waals surface area contributed by atoms with Crippen LogP contribution < -0.4 is 11.0 Å². The monoisotopic (exact) mass is 267 g/mol. The van der Waals surface area contributed by atoms with E-state index in [1.165, 1.54) is 0 Å². The molecule has 6 heteroatoms. The van der Waals surface area contributed by atoms with E-state index in [-0.39, 0.29) is 25.0 Å². The molecule has 0 radical (unpaired) electrons. The van der Waals surface area contributed by atoms with E-state index < -0.39 is 5.69 Å². The van der Waals surface area contributed by atoms with E-state index >= 15 is 0 Å². The topological polar surface area (TPSA) is 95.1 Å². The van der Waals surface area contributed by atoms with Gasteiger partial charge in [-0.15, -0.1) is 0 Å². The van der Waals surface area contributed by atoms with Gasteiger partial charge in [0.1, 0.15) is 0 Å². The Hall–Kier alpha value is -1.69. The first-order valence-corrected chi connectivity index (χ1v) is 6.40. The average molecular weight is 267 g/mol. The minimum atomic E-state index is -0.393. The fraction of sp³-hybridized carbons (Fsp3) is 0.615. The Kier molecular flexibility index (Phi) is 5.69. The van der Waals surface area contributed by atoms with Gasteiger partial charge in [-0.3, -0.25) is 4.79 Å². The van der Waals surface area contributed by atoms with Crippen LogP contribution in [0.5, 0.6) is 0 Å². The highest BCUT2D eigenvalue weighted by Gasteiger charge is 2.12. The molecule has 1 unspecified atom stereocenters. The van der Waals surface area contributed by atoms with Gasteiger partial charge in [0, 0.05) is 29.6 Å². The van der Waals surface area contributed by atoms with E-state index in [2.05, 4.69) is 15.3 Å². The molecule has 0 aliphatic heterocycles. The fourth-order valence-corrected chi connectivity index (χ4v) is 1.97. The Morgan fingerprint density at radius 3 is 2.74 bits per heavy atom. The molecule has 0 fully saturated rings. The maximum absolute atomic E-state index is 11.9. The molecule has 0 aliphatic carbocycles. The van der Waals surface area contributed by atoms with Crippen molar-refractivity contribution < 1.29 is 9.90 Å². The number of carbonyl (C=O) groups is 1. The number of nitrogens with one attached hydrogen (secondary N) is 2. The summed E-state index contributed by atoms with van der Waals surface area (Å²) in [7, 11) is 0. The normalized spacial score (nSPS) is 12.2. The number of H-pyrrole nitrogens is 1. The van der Waals surface area contributed by atoms with Crippen molar-refractivity contribution in [2.24, 2.45) is 0 Å². The van der Waals surface area contributed by atoms with Crippen molar-refractivity contribution in [3.8, 4) is 0 Å². The lowest BCUT2D eigenvalue weighted by molar-refractivity contribution is -0.121. The van der Waals surface area contributed by atoms with Crippen LogP contribution in [-0.2, 0) is 11.2 Å². The summed E-state index contributed by atoms with van der Waals surface area (Å²) in [6.45, 7) is 5.51. The molecule has 3 N–H and O–H groups in total. The molecule has 1 heterocycles. The lowest BCUT2D eigenvalue weighted by Gasteiger charge is -2.14. The summed E-state index contributed by atoms with van der Waals surface area (Å²) < 4.78 is 0. The zero-order chi connectivity index (χ0) is 14.4. The van der Waals surface area contributed by atoms with E-state index in [1.54, 1.807) is 13.8 Å². The van der Waals surface area contributed by atoms with Gasteiger partial charge in [-0.1, -0.05) is 0 Å². The van der Waals surface area contributed by atoms with Gasteiger partial charge in [0.2, 0.25) is 5.91 Å². The van der Waals surface area contributed by atoms with E-state index in [1.807, 2.05) is 6.92 Å². The molecule has 106 valence electrons. The molecular formula is C13H21N3O3. The molecule has 1 rings (SSSR count). The van der Waals surface area contributed by atoms with E-state index in [0.29, 0.717) is 17.8 Å². The molecule has 0 aromatic carbocycles. The van der Waals surface area contributed by atoms with E-state index in [4.69, 9.17) is 5.11 Å². The highest BCUT2D eigenvalue weighted by atomic mass is 16.3. The van der Waals surface area contributed by atoms with Crippen LogP contribution in [-0.4, -0.2) is 33.6 Å². The van der Waals surface area contributed by atoms with Crippen molar-refractivity contribution in [2.75, 3.05) is 6.61 Å². The Bertz CT molecular complexity index is 470. The second-order valence-corrected chi connectivity index (χ2v) is 4.74. The van der Waals surface area contributed by atoms with Crippen LogP contribution in [0.4, 0.5) is 0 Å². The Balaban J connectivity index is 2.65. The lowest BCUT2D eigenvalue weighted by Crippen LogP contribution is -2.34. The summed E-state index contributed by atoms with van der Waals surface area (Å²) in [6.07, 6.45) is 1.61. The molecule has 0 saturated heterocycles. The van der Waals surface area contributed by atoms with Crippen molar-refractivity contribution in [1.82, 2.24) is 15.3 Å². The van der Waals surface area contributed by atoms with E-state index in [0.717, 1.165) is 12.0 Å². The number of hydrogen-bond donors (Lipinski definition) is 3. The quantitative estimate of drug-likeness (QED) is 0.686. The van der Waals surface area contributed by atoms with Gasteiger partial charge in [-0.25, -0.2) is 4.79 Å². The molecule has 0 aliphatic rings. The average Bonchev–Trinajstić information content (AvgIpc) is 2.31. The van der Waals surface area contributed by atoms with Gasteiger partial charge in [-0.05, 0) is 33.6 Å². The van der Waals surface area contributed by atoms with Crippen LogP contribution in [0.3, 0.4) is 0 Å². The first-order chi connectivity index (χ1) is 8.93. The predicted octanol–water partition coefficient (Wildman–Crippen LogP) is 0.206. The highest BCUT2D eigenvalue weighted by molar-refractivity contribution is 5.79. The molecule has 19 heavy (non-hydrogen) atoms. The molecule has 0 bridgehead atoms. The van der Waals surface area contributed by atoms with Crippen LogP contribution in [0.1, 0.15) is 36.7 Å². The SMILES string of the molecule is Cc1nc(=O)[nH]c(C)c1CC(=O)NC(C)CCCO. The second-order valence-electron chi connectivity index (χ2n) is 4.74. The molecule has 1 atom stereocenters. The van der Waals surface area contributed by atoms with Crippen molar-refractivity contribution in [3.63, 3.8) is 0 Å². The van der Waals surface area contributed by atoms with Crippen molar-refractivity contribution in [1.29, 1.82) is 0 Å². The van der Waals surface area contributed by atoms with Crippen LogP contribution in [0, 0.1) is 13.8 Å². The molecule has 1 aromatic heterocycles. The molecule has 1 aromatic rings. The van der Waals surface area contributed by atoms with Crippen molar-refractivity contribution >= 4 is 5.91 Å². The molecule has 0 spiro atoms. The summed E-state index contributed by atoms with van der Waals surface area (Å²) in [4.78, 5) is 29.4. The number of amides is 1. The summed E-state index contributed by atoms with van der Waals surface area (Å²) >= 11 is 0. The minimum Gasteiger partial charge on any atom is -0.396 e. The highest BCUT2D eigenvalue weighted by Crippen LogP contribution is 2.08. The van der Waals surface area contributed by atoms with Gasteiger partial charge in [0.25, 0.3) is 0 Å². The van der Waals surface area contributed by atoms with Gasteiger partial charge in [-0.2, -0.15) is 4.98 Å². The molecular weight excluding hydrogens is 246 g/mol. The smallest absolute Gasteiger partial charge is 0.345 e. The summed E-state index contributed by atoms with van der Waals surface area (Å²) in [5, 5.41) is 11.6. The summed E-state index contributed by atoms with van der Waals surface area (Å²) in [5.41, 5.74) is 1.62. The van der Waals surface area contributed by atoms with Gasteiger partial charge < -0.3 is 15.4 Å². The number of rotatable bonds is 6. The Morgan fingerprint density at radius 1 is 1.47 bits per heavy atom. The summed E-state index contributed by atoms with van der Waals surface area (Å²) in [5.74, 6) is -0.106. The zero-order valence-corrected chi connectivity index (χ0v) is 11.6. The number of aromatic nitrogens is 2. The molecule has 6 nitrogen and oxygen atoms in total. The first-order valence-electron chi connectivity index (χ1n) is 6.40. The standard InChI is InChI=1S/C13H21N3O3/c1-8(5-4-6-17)14-12(18)7-11-9(2)15-13(19)16-10(11)3/h8,17H,4-7H2,1-3H3,(H,14,18)(H,15,16,19). The van der Waals surface area contributed by atoms with Crippen LogP contribution >= 0.6 is 0 Å². The van der Waals surface area contributed by atoms with Crippen molar-refractivity contribution in [2.45, 2.75) is 46.1 Å². The maximum atomic E-state index is 11.9. The Morgan fingerprint density at radius 2 is 2.16 bits per heavy atom. The minimum absolute atomic E-state index is 0.0241. The number of aryl methyl sites for hydroxylation is 2. The zero-order valence-electron chi connectivity index (χ0n) is 11.6. The summed E-state index contributed by atoms with van der Waals surface area (Å²) in [6, 6.07) is 0.0241. The predicted molar refractivity (Wildman–Crippen MR) is 72.0 cm³/mol. The number of aromatic amines is 1. The first kappa shape index (κ1) is 15.4. The third-order valence-corrected chi connectivity index (χ3v) is 2.99. The Labute approximate surface area is 112 Å². The van der Waals surface area contributed by atoms with Crippen LogP contribution in [0.25, 0.3) is 0 Å². The number of hydrogen-bond acceptors (Lipinski definition) is 4. The number of aliphatic hydroxyl groups excluding tert-OH is 1. The third-order valence-electron chi connectivity index (χ3n) is 2.99. The van der Waals surface area contributed by atoms with Crippen molar-refractivity contribution in [3.05, 3.63) is 27.4 Å². The molecule has 0 saturated carbocycles. The lowest BCUT2D eigenvalue weighted by atomic mass is 10.1. The number of nitrogens with zero attached hydrogens (tertiary/aromatic N) is 1. The molecule has 1 amide bonds. The second kappa shape index (κ2) is 7.04. The van der Waals surface area contributed by atoms with Gasteiger partial charge in [0.15, 0.2) is 0 Å². The maximum Gasteiger partial charge on any atom is 0.345 e. The fourth-order valence-electron chi connectivity index (χ4n) is 1.97. The van der Waals surface area contributed by atoms with E-state index in [9.17, 15) is 9.59 Å². The van der Waals surface area contributed by atoms with Crippen LogP contribution in [0.2, 0.25) is 0 Å². The third kappa shape index (κ3) is 4.82. The number of aliphatic hydroxyl groups is 1. The largest absolute Gasteiger partial charge is 0.396 e. The van der Waals surface area contributed by atoms with Gasteiger partial charge >= 0.3 is 5.69 Å².